The third kappa shape index (κ3) is 6.63. The maximum absolute atomic E-state index is 13.0. The van der Waals surface area contributed by atoms with Crippen LogP contribution in [0.15, 0.2) is 45.9 Å². The zero-order valence-corrected chi connectivity index (χ0v) is 20.9. The third-order valence-electron chi connectivity index (χ3n) is 5.95. The van der Waals surface area contributed by atoms with E-state index in [1.165, 1.54) is 11.3 Å². The van der Waals surface area contributed by atoms with Gasteiger partial charge in [-0.2, -0.15) is 11.3 Å². The fourth-order valence-electron chi connectivity index (χ4n) is 3.77. The number of pyridine rings is 1. The van der Waals surface area contributed by atoms with Crippen LogP contribution in [-0.4, -0.2) is 77.8 Å². The quantitative estimate of drug-likeness (QED) is 0.439. The molecule has 3 aromatic rings. The lowest BCUT2D eigenvalue weighted by Gasteiger charge is -2.34. The van der Waals surface area contributed by atoms with Crippen molar-refractivity contribution in [3.05, 3.63) is 62.7 Å². The molecule has 3 N–H and O–H groups in total. The molecular formula is C24H30N6O2S2. The second kappa shape index (κ2) is 11.6. The van der Waals surface area contributed by atoms with E-state index in [0.29, 0.717) is 24.5 Å². The Balaban J connectivity index is 1.39. The molecule has 2 amide bonds. The Bertz CT molecular complexity index is 1080. The summed E-state index contributed by atoms with van der Waals surface area (Å²) >= 11 is 3.03. The van der Waals surface area contributed by atoms with Gasteiger partial charge < -0.3 is 20.9 Å². The van der Waals surface area contributed by atoms with E-state index in [9.17, 15) is 9.59 Å². The third-order valence-corrected chi connectivity index (χ3v) is 7.45. The van der Waals surface area contributed by atoms with Crippen molar-refractivity contribution < 1.29 is 9.59 Å². The first-order valence-corrected chi connectivity index (χ1v) is 13.1. The summed E-state index contributed by atoms with van der Waals surface area (Å²) in [6.45, 7) is 5.93. The van der Waals surface area contributed by atoms with Gasteiger partial charge in [-0.3, -0.25) is 14.7 Å². The first-order valence-electron chi connectivity index (χ1n) is 11.3. The molecule has 1 saturated heterocycles. The fourth-order valence-corrected chi connectivity index (χ4v) is 5.11. The highest BCUT2D eigenvalue weighted by molar-refractivity contribution is 7.08. The summed E-state index contributed by atoms with van der Waals surface area (Å²) in [6, 6.07) is 5.36. The number of hydrogen-bond acceptors (Lipinski definition) is 8. The number of ketones is 1. The molecule has 8 nitrogen and oxygen atoms in total. The van der Waals surface area contributed by atoms with Crippen molar-refractivity contribution in [1.29, 1.82) is 0 Å². The van der Waals surface area contributed by atoms with Crippen molar-refractivity contribution in [3.63, 3.8) is 0 Å². The number of likely N-dealkylation sites (N-methyl/N-ethyl adjacent to an activating group) is 1. The van der Waals surface area contributed by atoms with Crippen molar-refractivity contribution in [1.82, 2.24) is 19.7 Å². The number of carbonyl (C=O) groups excluding carboxylic acids is 2. The maximum Gasteiger partial charge on any atom is 0.322 e. The minimum Gasteiger partial charge on any atom is -0.398 e. The number of nitrogen functional groups attached to an aromatic ring is 1. The average molecular weight is 499 g/mol. The van der Waals surface area contributed by atoms with Gasteiger partial charge in [-0.05, 0) is 41.1 Å². The maximum atomic E-state index is 13.0. The van der Waals surface area contributed by atoms with Crippen LogP contribution in [0, 0.1) is 0 Å². The number of thiophene rings is 2. The first-order chi connectivity index (χ1) is 16.5. The molecule has 0 atom stereocenters. The normalized spacial score (nSPS) is 14.7. The van der Waals surface area contributed by atoms with Crippen LogP contribution >= 0.6 is 22.7 Å². The molecule has 0 aliphatic carbocycles. The average Bonchev–Trinajstić information content (AvgIpc) is 3.50. The van der Waals surface area contributed by atoms with Crippen LogP contribution in [0.1, 0.15) is 21.6 Å². The summed E-state index contributed by atoms with van der Waals surface area (Å²) in [5, 5.41) is 10.6. The second-order valence-electron chi connectivity index (χ2n) is 8.51. The van der Waals surface area contributed by atoms with E-state index in [4.69, 9.17) is 5.73 Å². The van der Waals surface area contributed by atoms with Crippen molar-refractivity contribution in [3.8, 4) is 0 Å². The van der Waals surface area contributed by atoms with Crippen LogP contribution in [0.3, 0.4) is 0 Å². The highest BCUT2D eigenvalue weighted by Gasteiger charge is 2.19. The predicted molar refractivity (Wildman–Crippen MR) is 139 cm³/mol. The van der Waals surface area contributed by atoms with Gasteiger partial charge in [0.25, 0.3) is 0 Å². The number of hydrogen-bond donors (Lipinski definition) is 2. The summed E-state index contributed by atoms with van der Waals surface area (Å²) in [5.74, 6) is -0.0706. The molecule has 4 heterocycles. The summed E-state index contributed by atoms with van der Waals surface area (Å²) in [6.07, 6.45) is 1.92. The number of rotatable bonds is 9. The molecule has 34 heavy (non-hydrogen) atoms. The number of nitrogens with two attached hydrogens (primary N) is 1. The van der Waals surface area contributed by atoms with Gasteiger partial charge >= 0.3 is 6.03 Å². The van der Waals surface area contributed by atoms with Gasteiger partial charge in [0, 0.05) is 74.9 Å². The molecule has 3 aromatic heterocycles. The smallest absolute Gasteiger partial charge is 0.322 e. The van der Waals surface area contributed by atoms with Crippen LogP contribution in [0.25, 0.3) is 0 Å². The molecule has 4 rings (SSSR count). The molecule has 0 bridgehead atoms. The molecule has 0 unspecified atom stereocenters. The van der Waals surface area contributed by atoms with E-state index in [0.717, 1.165) is 49.5 Å². The zero-order valence-electron chi connectivity index (χ0n) is 19.3. The van der Waals surface area contributed by atoms with Gasteiger partial charge in [0.15, 0.2) is 5.78 Å². The first kappa shape index (κ1) is 24.3. The van der Waals surface area contributed by atoms with Crippen molar-refractivity contribution in [2.24, 2.45) is 0 Å². The Morgan fingerprint density at radius 3 is 2.59 bits per heavy atom. The largest absolute Gasteiger partial charge is 0.398 e. The number of nitrogens with one attached hydrogen (secondary N) is 1. The lowest BCUT2D eigenvalue weighted by atomic mass is 10.1. The molecule has 180 valence electrons. The number of carbonyl (C=O) groups is 2. The van der Waals surface area contributed by atoms with Crippen LogP contribution in [0.4, 0.5) is 16.2 Å². The van der Waals surface area contributed by atoms with Gasteiger partial charge in [0.05, 0.1) is 5.69 Å². The minimum atomic E-state index is -0.138. The van der Waals surface area contributed by atoms with E-state index in [-0.39, 0.29) is 18.2 Å². The van der Waals surface area contributed by atoms with Gasteiger partial charge in [0.1, 0.15) is 5.69 Å². The molecule has 0 saturated carbocycles. The van der Waals surface area contributed by atoms with Crippen molar-refractivity contribution in [2.75, 3.05) is 57.4 Å². The Morgan fingerprint density at radius 2 is 1.94 bits per heavy atom. The van der Waals surface area contributed by atoms with Gasteiger partial charge in [0.2, 0.25) is 0 Å². The zero-order chi connectivity index (χ0) is 23.9. The number of aromatic nitrogens is 1. The van der Waals surface area contributed by atoms with Crippen LogP contribution in [0.2, 0.25) is 0 Å². The van der Waals surface area contributed by atoms with E-state index in [1.807, 2.05) is 33.7 Å². The highest BCUT2D eigenvalue weighted by Crippen LogP contribution is 2.19. The highest BCUT2D eigenvalue weighted by atomic mass is 32.1. The molecule has 0 radical (unpaired) electrons. The molecule has 1 aliphatic heterocycles. The summed E-state index contributed by atoms with van der Waals surface area (Å²) in [7, 11) is 2.13. The number of urea groups is 1. The Labute approximate surface area is 208 Å². The van der Waals surface area contributed by atoms with Crippen molar-refractivity contribution >= 4 is 45.9 Å². The topological polar surface area (TPSA) is 94.8 Å². The standard InChI is InChI=1S/C24H30N6O2S2/c1-28-5-7-29(8-6-28)9-10-30(24(32)27-20-4-11-33-16-20)14-18-2-3-22(26-13-18)23(31)12-19-15-34-17-21(19)25/h2-4,11,13,15-17H,5-10,12,14,25H2,1H3,(H,27,32). The fraction of sp³-hybridized carbons (Fsp3) is 0.375. The van der Waals surface area contributed by atoms with Crippen molar-refractivity contribution in [2.45, 2.75) is 13.0 Å². The monoisotopic (exact) mass is 498 g/mol. The molecule has 1 aliphatic rings. The van der Waals surface area contributed by atoms with E-state index < -0.39 is 0 Å². The van der Waals surface area contributed by atoms with E-state index in [2.05, 4.69) is 27.1 Å². The number of anilines is 2. The van der Waals surface area contributed by atoms with E-state index in [1.54, 1.807) is 28.5 Å². The Morgan fingerprint density at radius 1 is 1.12 bits per heavy atom. The number of amides is 2. The molecular weight excluding hydrogens is 468 g/mol. The van der Waals surface area contributed by atoms with Gasteiger partial charge in [-0.1, -0.05) is 6.07 Å². The van der Waals surface area contributed by atoms with Gasteiger partial charge in [-0.15, -0.1) is 11.3 Å². The molecule has 10 heteroatoms. The molecule has 0 aromatic carbocycles. The van der Waals surface area contributed by atoms with Crippen LogP contribution < -0.4 is 11.1 Å². The molecule has 1 fully saturated rings. The van der Waals surface area contributed by atoms with Crippen LogP contribution in [-0.2, 0) is 13.0 Å². The lowest BCUT2D eigenvalue weighted by Crippen LogP contribution is -2.48. The van der Waals surface area contributed by atoms with Crippen LogP contribution in [0.5, 0.6) is 0 Å². The SMILES string of the molecule is CN1CCN(CCN(Cc2ccc(C(=O)Cc3cscc3N)nc2)C(=O)Nc2ccsc2)CC1. The predicted octanol–water partition coefficient (Wildman–Crippen LogP) is 3.49. The number of piperazine rings is 1. The summed E-state index contributed by atoms with van der Waals surface area (Å²) in [4.78, 5) is 36.5. The summed E-state index contributed by atoms with van der Waals surface area (Å²) in [5.41, 5.74) is 9.46. The van der Waals surface area contributed by atoms with E-state index >= 15 is 0 Å². The molecule has 0 spiro atoms. The summed E-state index contributed by atoms with van der Waals surface area (Å²) < 4.78 is 0. The lowest BCUT2D eigenvalue weighted by molar-refractivity contribution is 0.0988. The minimum absolute atomic E-state index is 0.0706. The Kier molecular flexibility index (Phi) is 8.28. The number of nitrogens with zero attached hydrogens (tertiary/aromatic N) is 4. The Hall–Kier alpha value is -2.79. The number of Topliss-reactive ketones (excluding diaryl/α,β-unsaturated/α-hetero) is 1. The second-order valence-corrected chi connectivity index (χ2v) is 10.0. The van der Waals surface area contributed by atoms with Gasteiger partial charge in [-0.25, -0.2) is 4.79 Å².